The molecule has 1 N–H and O–H groups in total. The Morgan fingerprint density at radius 1 is 1.38 bits per heavy atom. The van der Waals surface area contributed by atoms with E-state index < -0.39 is 4.92 Å². The molecule has 1 aromatic heterocycles. The summed E-state index contributed by atoms with van der Waals surface area (Å²) < 4.78 is 5.90. The minimum atomic E-state index is -0.514. The van der Waals surface area contributed by atoms with Gasteiger partial charge in [-0.05, 0) is 28.5 Å². The lowest BCUT2D eigenvalue weighted by molar-refractivity contribution is -0.385. The fraction of sp³-hybridized carbons (Fsp3) is 0.231. The number of para-hydroxylation sites is 1. The molecule has 0 saturated carbocycles. The van der Waals surface area contributed by atoms with Gasteiger partial charge in [0.1, 0.15) is 0 Å². The van der Waals surface area contributed by atoms with Crippen molar-refractivity contribution in [3.8, 4) is 11.8 Å². The molecule has 7 nitrogen and oxygen atoms in total. The van der Waals surface area contributed by atoms with E-state index in [1.165, 1.54) is 6.07 Å². The number of benzene rings is 1. The highest BCUT2D eigenvalue weighted by Crippen LogP contribution is 2.36. The smallest absolute Gasteiger partial charge is 0.322 e. The monoisotopic (exact) mass is 352 g/mol. The van der Waals surface area contributed by atoms with E-state index in [1.54, 1.807) is 24.5 Å². The van der Waals surface area contributed by atoms with E-state index in [4.69, 9.17) is 4.74 Å². The quantitative estimate of drug-likeness (QED) is 0.634. The van der Waals surface area contributed by atoms with Crippen molar-refractivity contribution in [3.05, 3.63) is 50.7 Å². The summed E-state index contributed by atoms with van der Waals surface area (Å²) in [5.41, 5.74) is 0.760. The number of nitro benzene ring substituents is 1. The van der Waals surface area contributed by atoms with Gasteiger partial charge in [0, 0.05) is 30.6 Å². The highest BCUT2D eigenvalue weighted by atomic mass is 79.9. The fourth-order valence-electron chi connectivity index (χ4n) is 1.59. The van der Waals surface area contributed by atoms with Crippen molar-refractivity contribution in [2.75, 3.05) is 6.54 Å². The van der Waals surface area contributed by atoms with Crippen molar-refractivity contribution in [1.29, 1.82) is 0 Å². The normalized spacial score (nSPS) is 10.4. The zero-order valence-electron chi connectivity index (χ0n) is 11.2. The number of hydrogen-bond donors (Lipinski definition) is 1. The first-order valence-electron chi connectivity index (χ1n) is 6.24. The Morgan fingerprint density at radius 2 is 2.10 bits per heavy atom. The number of aromatic nitrogens is 2. The maximum atomic E-state index is 11.0. The van der Waals surface area contributed by atoms with E-state index in [0.29, 0.717) is 11.0 Å². The van der Waals surface area contributed by atoms with Gasteiger partial charge in [-0.15, -0.1) is 0 Å². The third-order valence-electron chi connectivity index (χ3n) is 2.60. The van der Waals surface area contributed by atoms with Crippen LogP contribution in [0.5, 0.6) is 11.8 Å². The minimum absolute atomic E-state index is 0.0604. The van der Waals surface area contributed by atoms with Gasteiger partial charge in [0.25, 0.3) is 0 Å². The lowest BCUT2D eigenvalue weighted by atomic mass is 10.3. The summed E-state index contributed by atoms with van der Waals surface area (Å²) in [7, 11) is 0. The molecule has 0 spiro atoms. The highest BCUT2D eigenvalue weighted by molar-refractivity contribution is 9.10. The zero-order chi connectivity index (χ0) is 15.2. The van der Waals surface area contributed by atoms with Gasteiger partial charge in [0.2, 0.25) is 5.75 Å². The molecule has 0 aliphatic heterocycles. The molecule has 110 valence electrons. The molecule has 2 aromatic rings. The van der Waals surface area contributed by atoms with Crippen LogP contribution < -0.4 is 10.1 Å². The molecule has 21 heavy (non-hydrogen) atoms. The predicted octanol–water partition coefficient (Wildman–Crippen LogP) is 3.05. The number of hydrogen-bond acceptors (Lipinski definition) is 6. The summed E-state index contributed by atoms with van der Waals surface area (Å²) >= 11 is 3.23. The van der Waals surface area contributed by atoms with Gasteiger partial charge in [-0.2, -0.15) is 0 Å². The molecule has 1 aromatic carbocycles. The molecule has 0 atom stereocenters. The number of rotatable bonds is 6. The molecule has 0 radical (unpaired) electrons. The van der Waals surface area contributed by atoms with Crippen LogP contribution in [0.2, 0.25) is 0 Å². The predicted molar refractivity (Wildman–Crippen MR) is 80.3 cm³/mol. The fourth-order valence-corrected chi connectivity index (χ4v) is 2.03. The zero-order valence-corrected chi connectivity index (χ0v) is 12.8. The molecular formula is C13H13BrN4O3. The van der Waals surface area contributed by atoms with Crippen LogP contribution in [0.25, 0.3) is 0 Å². The highest BCUT2D eigenvalue weighted by Gasteiger charge is 2.19. The van der Waals surface area contributed by atoms with Gasteiger partial charge in [-0.25, -0.2) is 9.97 Å². The van der Waals surface area contributed by atoms with Gasteiger partial charge >= 0.3 is 11.7 Å². The lowest BCUT2D eigenvalue weighted by Crippen LogP contribution is -2.12. The van der Waals surface area contributed by atoms with Crippen LogP contribution >= 0.6 is 15.9 Å². The van der Waals surface area contributed by atoms with E-state index in [-0.39, 0.29) is 17.4 Å². The summed E-state index contributed by atoms with van der Waals surface area (Å²) in [5, 5.41) is 14.1. The molecule has 0 aliphatic rings. The van der Waals surface area contributed by atoms with Crippen LogP contribution in [-0.2, 0) is 6.54 Å². The van der Waals surface area contributed by atoms with E-state index >= 15 is 0 Å². The topological polar surface area (TPSA) is 90.2 Å². The first-order valence-corrected chi connectivity index (χ1v) is 7.03. The van der Waals surface area contributed by atoms with Crippen LogP contribution in [0, 0.1) is 10.1 Å². The number of nitrogens with zero attached hydrogens (tertiary/aromatic N) is 3. The van der Waals surface area contributed by atoms with Crippen molar-refractivity contribution in [1.82, 2.24) is 15.3 Å². The summed E-state index contributed by atoms with van der Waals surface area (Å²) in [6.07, 6.45) is 3.24. The third-order valence-corrected chi connectivity index (χ3v) is 3.22. The molecule has 0 saturated heterocycles. The van der Waals surface area contributed by atoms with E-state index in [1.807, 2.05) is 6.92 Å². The van der Waals surface area contributed by atoms with Crippen LogP contribution in [0.3, 0.4) is 0 Å². The van der Waals surface area contributed by atoms with Gasteiger partial charge in [0.05, 0.1) is 9.40 Å². The molecule has 0 fully saturated rings. The second kappa shape index (κ2) is 7.09. The van der Waals surface area contributed by atoms with E-state index in [9.17, 15) is 10.1 Å². The maximum absolute atomic E-state index is 11.0. The number of nitro groups is 1. The van der Waals surface area contributed by atoms with Crippen molar-refractivity contribution in [3.63, 3.8) is 0 Å². The number of halogens is 1. The first-order chi connectivity index (χ1) is 10.1. The Balaban J connectivity index is 2.20. The molecule has 0 aliphatic carbocycles. The van der Waals surface area contributed by atoms with Crippen LogP contribution in [0.4, 0.5) is 5.69 Å². The van der Waals surface area contributed by atoms with E-state index in [2.05, 4.69) is 31.2 Å². The average molecular weight is 353 g/mol. The molecule has 8 heteroatoms. The van der Waals surface area contributed by atoms with Crippen LogP contribution in [0.1, 0.15) is 12.5 Å². The van der Waals surface area contributed by atoms with Gasteiger partial charge < -0.3 is 10.1 Å². The van der Waals surface area contributed by atoms with Gasteiger partial charge in [0.15, 0.2) is 0 Å². The molecule has 0 amide bonds. The van der Waals surface area contributed by atoms with Crippen molar-refractivity contribution >= 4 is 21.6 Å². The van der Waals surface area contributed by atoms with E-state index in [0.717, 1.165) is 12.1 Å². The SMILES string of the molecule is CCNCc1cnc(Oc2c(Br)cccc2[N+](=O)[O-])nc1. The third kappa shape index (κ3) is 3.96. The number of ether oxygens (including phenoxy) is 1. The van der Waals surface area contributed by atoms with Crippen molar-refractivity contribution in [2.24, 2.45) is 0 Å². The molecule has 1 heterocycles. The number of nitrogens with one attached hydrogen (secondary N) is 1. The van der Waals surface area contributed by atoms with Crippen LogP contribution in [0.15, 0.2) is 35.1 Å². The largest absolute Gasteiger partial charge is 0.416 e. The second-order valence-corrected chi connectivity index (χ2v) is 4.96. The lowest BCUT2D eigenvalue weighted by Gasteiger charge is -2.07. The molecule has 0 bridgehead atoms. The standard InChI is InChI=1S/C13H13BrN4O3/c1-2-15-6-9-7-16-13(17-8-9)21-12-10(14)4-3-5-11(12)18(19)20/h3-5,7-8,15H,2,6H2,1H3. The minimum Gasteiger partial charge on any atom is -0.416 e. The maximum Gasteiger partial charge on any atom is 0.322 e. The van der Waals surface area contributed by atoms with Crippen LogP contribution in [-0.4, -0.2) is 21.4 Å². The second-order valence-electron chi connectivity index (χ2n) is 4.10. The van der Waals surface area contributed by atoms with Crippen molar-refractivity contribution in [2.45, 2.75) is 13.5 Å². The Morgan fingerprint density at radius 3 is 2.71 bits per heavy atom. The summed E-state index contributed by atoms with van der Waals surface area (Å²) in [5.74, 6) is 0.0851. The average Bonchev–Trinajstić information content (AvgIpc) is 2.48. The molecule has 2 rings (SSSR count). The molecular weight excluding hydrogens is 340 g/mol. The summed E-state index contributed by atoms with van der Waals surface area (Å²) in [6.45, 7) is 3.51. The Kier molecular flexibility index (Phi) is 5.18. The Labute approximate surface area is 129 Å². The Hall–Kier alpha value is -2.06. The first kappa shape index (κ1) is 15.3. The van der Waals surface area contributed by atoms with Crippen molar-refractivity contribution < 1.29 is 9.66 Å². The Bertz CT molecular complexity index is 634. The summed E-state index contributed by atoms with van der Waals surface area (Å²) in [6, 6.07) is 4.64. The summed E-state index contributed by atoms with van der Waals surface area (Å²) in [4.78, 5) is 18.6. The van der Waals surface area contributed by atoms with Gasteiger partial charge in [-0.3, -0.25) is 10.1 Å². The molecule has 0 unspecified atom stereocenters. The van der Waals surface area contributed by atoms with Gasteiger partial charge in [-0.1, -0.05) is 13.0 Å².